The number of aromatic nitrogens is 3. The molecular formula is C46H36N4. The molecule has 0 N–H and O–H groups in total. The van der Waals surface area contributed by atoms with Crippen molar-refractivity contribution in [3.05, 3.63) is 139 Å². The average Bonchev–Trinajstić information content (AvgIpc) is 3.68. The maximum absolute atomic E-state index is 10.3. The minimum Gasteiger partial charge on any atom is -0.208 e. The molecule has 6 aromatic carbocycles. The maximum atomic E-state index is 10.3. The number of rotatable bonds is 5. The van der Waals surface area contributed by atoms with Gasteiger partial charge in [0.05, 0.1) is 5.56 Å². The fourth-order valence-electron chi connectivity index (χ4n) is 10.2. The molecule has 0 amide bonds. The predicted molar refractivity (Wildman–Crippen MR) is 201 cm³/mol. The lowest BCUT2D eigenvalue weighted by molar-refractivity contribution is 0.195. The minimum atomic E-state index is 0.316. The first kappa shape index (κ1) is 29.3. The molecule has 50 heavy (non-hydrogen) atoms. The lowest BCUT2D eigenvalue weighted by atomic mass is 9.72. The highest BCUT2D eigenvalue weighted by Crippen LogP contribution is 2.72. The molecule has 1 aromatic heterocycles. The zero-order chi connectivity index (χ0) is 33.5. The Balaban J connectivity index is 1.13. The molecule has 0 saturated heterocycles. The summed E-state index contributed by atoms with van der Waals surface area (Å²) in [6.45, 7) is 2.56. The van der Waals surface area contributed by atoms with Gasteiger partial charge in [-0.05, 0) is 94.4 Å². The third kappa shape index (κ3) is 4.39. The Morgan fingerprint density at radius 3 is 1.98 bits per heavy atom. The summed E-state index contributed by atoms with van der Waals surface area (Å²) in [4.78, 5) is 15.5. The second-order valence-electron chi connectivity index (χ2n) is 15.2. The van der Waals surface area contributed by atoms with Crippen molar-refractivity contribution in [1.29, 1.82) is 5.26 Å². The molecule has 3 aliphatic rings. The van der Waals surface area contributed by atoms with Crippen LogP contribution in [0.4, 0.5) is 0 Å². The van der Waals surface area contributed by atoms with Crippen molar-refractivity contribution in [3.8, 4) is 51.4 Å². The normalized spacial score (nSPS) is 23.4. The van der Waals surface area contributed by atoms with Crippen LogP contribution in [-0.4, -0.2) is 15.0 Å². The van der Waals surface area contributed by atoms with Crippen LogP contribution in [0.15, 0.2) is 127 Å². The Hall–Kier alpha value is -5.66. The summed E-state index contributed by atoms with van der Waals surface area (Å²) < 4.78 is 0. The molecule has 2 bridgehead atoms. The maximum Gasteiger partial charge on any atom is 0.164 e. The van der Waals surface area contributed by atoms with E-state index >= 15 is 0 Å². The summed E-state index contributed by atoms with van der Waals surface area (Å²) in [7, 11) is 0. The molecule has 7 aromatic rings. The summed E-state index contributed by atoms with van der Waals surface area (Å²) in [5.74, 6) is 3.63. The summed E-state index contributed by atoms with van der Waals surface area (Å²) in [6.07, 6.45) is 6.80. The summed E-state index contributed by atoms with van der Waals surface area (Å²) in [6, 6.07) is 46.9. The first-order chi connectivity index (χ1) is 24.5. The molecule has 2 unspecified atom stereocenters. The van der Waals surface area contributed by atoms with Crippen molar-refractivity contribution in [2.45, 2.75) is 44.4 Å². The molecule has 4 atom stereocenters. The molecule has 4 heteroatoms. The Kier molecular flexibility index (Phi) is 6.39. The standard InChI is InChI=1S/C46H36N4/c1-45-28-46(25-35(45)21-22-36(45)26-46)34-19-17-30(18-20-34)42-48-43(33-13-7-12-31(23-33)29-9-3-2-4-10-29)50-44(49-42)39-16-8-15-38-40(39)24-32-11-5-6-14-37(32)41(38)27-47/h2-20,23-24,35-36H,21-22,25-26,28H2,1H3/t35-,36?,45-,46?/m1/s1. The molecule has 3 fully saturated rings. The van der Waals surface area contributed by atoms with Crippen molar-refractivity contribution in [2.75, 3.05) is 0 Å². The van der Waals surface area contributed by atoms with Gasteiger partial charge in [-0.2, -0.15) is 5.26 Å². The third-order valence-corrected chi connectivity index (χ3v) is 12.6. The number of nitrogens with zero attached hydrogens (tertiary/aromatic N) is 4. The van der Waals surface area contributed by atoms with Crippen LogP contribution >= 0.6 is 0 Å². The second-order valence-corrected chi connectivity index (χ2v) is 15.2. The van der Waals surface area contributed by atoms with E-state index in [1.165, 1.54) is 37.7 Å². The van der Waals surface area contributed by atoms with Crippen LogP contribution in [0, 0.1) is 28.6 Å². The number of hydrogen-bond acceptors (Lipinski definition) is 4. The lowest BCUT2D eigenvalue weighted by Crippen LogP contribution is -2.26. The van der Waals surface area contributed by atoms with Gasteiger partial charge in [-0.25, -0.2) is 15.0 Å². The van der Waals surface area contributed by atoms with Crippen LogP contribution in [0.2, 0.25) is 0 Å². The summed E-state index contributed by atoms with van der Waals surface area (Å²) in [5, 5.41) is 14.1. The molecule has 0 spiro atoms. The van der Waals surface area contributed by atoms with Crippen LogP contribution in [-0.2, 0) is 5.41 Å². The van der Waals surface area contributed by atoms with E-state index in [2.05, 4.69) is 104 Å². The molecule has 4 nitrogen and oxygen atoms in total. The largest absolute Gasteiger partial charge is 0.208 e. The topological polar surface area (TPSA) is 62.5 Å². The van der Waals surface area contributed by atoms with Crippen LogP contribution in [0.5, 0.6) is 0 Å². The summed E-state index contributed by atoms with van der Waals surface area (Å²) in [5.41, 5.74) is 8.05. The van der Waals surface area contributed by atoms with Gasteiger partial charge in [0.25, 0.3) is 0 Å². The van der Waals surface area contributed by atoms with Gasteiger partial charge in [-0.1, -0.05) is 122 Å². The quantitative estimate of drug-likeness (QED) is 0.175. The molecule has 0 aliphatic heterocycles. The van der Waals surface area contributed by atoms with Crippen molar-refractivity contribution in [2.24, 2.45) is 17.3 Å². The third-order valence-electron chi connectivity index (χ3n) is 12.6. The predicted octanol–water partition coefficient (Wildman–Crippen LogP) is 11.2. The van der Waals surface area contributed by atoms with Crippen LogP contribution < -0.4 is 0 Å². The van der Waals surface area contributed by atoms with Gasteiger partial charge in [0, 0.05) is 27.5 Å². The molecule has 0 radical (unpaired) electrons. The highest BCUT2D eigenvalue weighted by molar-refractivity contribution is 6.09. The molecule has 3 saturated carbocycles. The van der Waals surface area contributed by atoms with E-state index in [0.29, 0.717) is 33.9 Å². The molecule has 1 heterocycles. The van der Waals surface area contributed by atoms with E-state index in [0.717, 1.165) is 61.2 Å². The van der Waals surface area contributed by atoms with E-state index < -0.39 is 0 Å². The fraction of sp³-hybridized carbons (Fsp3) is 0.217. The number of fused-ring (bicyclic) bond motifs is 3. The first-order valence-corrected chi connectivity index (χ1v) is 17.9. The minimum absolute atomic E-state index is 0.316. The van der Waals surface area contributed by atoms with Gasteiger partial charge in [0.2, 0.25) is 0 Å². The van der Waals surface area contributed by atoms with E-state index in [4.69, 9.17) is 15.0 Å². The van der Waals surface area contributed by atoms with Crippen LogP contribution in [0.1, 0.15) is 50.2 Å². The fourth-order valence-corrected chi connectivity index (χ4v) is 10.2. The van der Waals surface area contributed by atoms with Gasteiger partial charge in [-0.15, -0.1) is 0 Å². The molecule has 240 valence electrons. The molecule has 3 aliphatic carbocycles. The van der Waals surface area contributed by atoms with Gasteiger partial charge in [-0.3, -0.25) is 0 Å². The van der Waals surface area contributed by atoms with Gasteiger partial charge < -0.3 is 0 Å². The Morgan fingerprint density at radius 1 is 0.580 bits per heavy atom. The van der Waals surface area contributed by atoms with Gasteiger partial charge in [0.15, 0.2) is 17.5 Å². The second kappa shape index (κ2) is 10.9. The zero-order valence-corrected chi connectivity index (χ0v) is 28.1. The Morgan fingerprint density at radius 2 is 1.22 bits per heavy atom. The number of hydrogen-bond donors (Lipinski definition) is 0. The smallest absolute Gasteiger partial charge is 0.164 e. The number of nitriles is 1. The summed E-state index contributed by atoms with van der Waals surface area (Å²) >= 11 is 0. The van der Waals surface area contributed by atoms with Crippen LogP contribution in [0.25, 0.3) is 66.8 Å². The van der Waals surface area contributed by atoms with Gasteiger partial charge >= 0.3 is 0 Å². The zero-order valence-electron chi connectivity index (χ0n) is 28.1. The van der Waals surface area contributed by atoms with E-state index in [1.807, 2.05) is 36.4 Å². The Bertz CT molecular complexity index is 2500. The Labute approximate surface area is 292 Å². The highest BCUT2D eigenvalue weighted by atomic mass is 15.0. The van der Waals surface area contributed by atoms with Gasteiger partial charge in [0.1, 0.15) is 6.07 Å². The first-order valence-electron chi connectivity index (χ1n) is 17.9. The van der Waals surface area contributed by atoms with Crippen molar-refractivity contribution >= 4 is 21.5 Å². The number of benzene rings is 6. The molecule has 10 rings (SSSR count). The van der Waals surface area contributed by atoms with Crippen LogP contribution in [0.3, 0.4) is 0 Å². The lowest BCUT2D eigenvalue weighted by Gasteiger charge is -2.33. The SMILES string of the molecule is C[C@]12CC3(c4ccc(-c5nc(-c6cccc(-c7ccccc7)c6)nc(-c6cccc7c(C#N)c8ccccc8cc67)n5)cc4)CC1CC[C@@H]2C3. The van der Waals surface area contributed by atoms with E-state index in [9.17, 15) is 5.26 Å². The monoisotopic (exact) mass is 644 g/mol. The van der Waals surface area contributed by atoms with E-state index in [1.54, 1.807) is 0 Å². The van der Waals surface area contributed by atoms with Crippen molar-refractivity contribution in [1.82, 2.24) is 15.0 Å². The van der Waals surface area contributed by atoms with Crippen molar-refractivity contribution < 1.29 is 0 Å². The van der Waals surface area contributed by atoms with E-state index in [-0.39, 0.29) is 0 Å². The average molecular weight is 645 g/mol. The molecular weight excluding hydrogens is 609 g/mol. The highest BCUT2D eigenvalue weighted by Gasteiger charge is 2.65. The van der Waals surface area contributed by atoms with Crippen molar-refractivity contribution in [3.63, 3.8) is 0 Å².